The highest BCUT2D eigenvalue weighted by molar-refractivity contribution is 6.14. The van der Waals surface area contributed by atoms with Crippen molar-refractivity contribution in [3.8, 4) is 0 Å². The second-order valence-corrected chi connectivity index (χ2v) is 4.79. The Morgan fingerprint density at radius 2 is 1.83 bits per heavy atom. The second kappa shape index (κ2) is 5.69. The Bertz CT molecular complexity index is 115. The Hall–Kier alpha value is 0.0969. The Kier molecular flexibility index (Phi) is 5.74. The molecule has 0 heterocycles. The molecular weight excluding hydrogens is 166 g/mol. The number of nitrogens with one attached hydrogen (secondary N) is 2. The third kappa shape index (κ3) is 3.22. The van der Waals surface area contributed by atoms with Crippen molar-refractivity contribution in [3.63, 3.8) is 0 Å². The van der Waals surface area contributed by atoms with Gasteiger partial charge in [0.2, 0.25) is 0 Å². The van der Waals surface area contributed by atoms with Crippen molar-refractivity contribution in [1.82, 2.24) is 15.5 Å². The standard InChI is InChI=1S/C8H23N3Si/c1-5-6-7-11(4)8(12,9-2)10-3/h9-10H,5-7H2,1-4,12H3. The van der Waals surface area contributed by atoms with Crippen molar-refractivity contribution < 1.29 is 0 Å². The van der Waals surface area contributed by atoms with E-state index >= 15 is 0 Å². The topological polar surface area (TPSA) is 27.3 Å². The maximum absolute atomic E-state index is 3.31. The minimum absolute atomic E-state index is 0.0647. The normalized spacial score (nSPS) is 12.8. The first kappa shape index (κ1) is 12.1. The third-order valence-electron chi connectivity index (χ3n) is 2.58. The molecule has 0 unspecified atom stereocenters. The number of hydrogen-bond acceptors (Lipinski definition) is 3. The predicted octanol–water partition coefficient (Wildman–Crippen LogP) is -0.866. The maximum Gasteiger partial charge on any atom is 0.0988 e. The summed E-state index contributed by atoms with van der Waals surface area (Å²) in [7, 11) is 7.25. The van der Waals surface area contributed by atoms with Crippen LogP contribution in [0.2, 0.25) is 0 Å². The third-order valence-corrected chi connectivity index (χ3v) is 4.35. The fraction of sp³-hybridized carbons (Fsp3) is 1.00. The average Bonchev–Trinajstić information content (AvgIpc) is 2.12. The zero-order valence-electron chi connectivity index (χ0n) is 9.07. The van der Waals surface area contributed by atoms with Crippen molar-refractivity contribution in [1.29, 1.82) is 0 Å². The van der Waals surface area contributed by atoms with Gasteiger partial charge in [-0.15, -0.1) is 0 Å². The molecule has 4 heteroatoms. The molecule has 0 aromatic rings. The van der Waals surface area contributed by atoms with Gasteiger partial charge in [0.15, 0.2) is 0 Å². The van der Waals surface area contributed by atoms with Crippen LogP contribution >= 0.6 is 0 Å². The van der Waals surface area contributed by atoms with E-state index in [2.05, 4.69) is 29.5 Å². The van der Waals surface area contributed by atoms with Crippen LogP contribution in [0.3, 0.4) is 0 Å². The lowest BCUT2D eigenvalue weighted by Gasteiger charge is -2.38. The fourth-order valence-electron chi connectivity index (χ4n) is 1.13. The molecule has 0 radical (unpaired) electrons. The molecule has 0 aliphatic rings. The summed E-state index contributed by atoms with van der Waals surface area (Å²) in [5.41, 5.74) is 0.0647. The summed E-state index contributed by atoms with van der Waals surface area (Å²) < 4.78 is 0. The quantitative estimate of drug-likeness (QED) is 0.420. The Balaban J connectivity index is 3.93. The lowest BCUT2D eigenvalue weighted by molar-refractivity contribution is 0.142. The highest BCUT2D eigenvalue weighted by Gasteiger charge is 2.23. The molecule has 0 saturated heterocycles. The summed E-state index contributed by atoms with van der Waals surface area (Å²) >= 11 is 0. The zero-order chi connectivity index (χ0) is 9.61. The van der Waals surface area contributed by atoms with Crippen molar-refractivity contribution in [3.05, 3.63) is 0 Å². The van der Waals surface area contributed by atoms with E-state index in [0.717, 1.165) is 16.8 Å². The van der Waals surface area contributed by atoms with Gasteiger partial charge in [-0.25, -0.2) is 0 Å². The number of nitrogens with zero attached hydrogens (tertiary/aromatic N) is 1. The fourth-order valence-corrected chi connectivity index (χ4v) is 1.35. The van der Waals surface area contributed by atoms with Crippen LogP contribution in [0.4, 0.5) is 0 Å². The molecule has 3 nitrogen and oxygen atoms in total. The van der Waals surface area contributed by atoms with Gasteiger partial charge in [-0.1, -0.05) is 13.3 Å². The van der Waals surface area contributed by atoms with Crippen LogP contribution < -0.4 is 10.6 Å². The van der Waals surface area contributed by atoms with Gasteiger partial charge in [-0.2, -0.15) is 0 Å². The van der Waals surface area contributed by atoms with E-state index in [9.17, 15) is 0 Å². The predicted molar refractivity (Wildman–Crippen MR) is 58.3 cm³/mol. The monoisotopic (exact) mass is 189 g/mol. The van der Waals surface area contributed by atoms with Gasteiger partial charge >= 0.3 is 0 Å². The summed E-state index contributed by atoms with van der Waals surface area (Å²) in [6.45, 7) is 3.38. The van der Waals surface area contributed by atoms with Gasteiger partial charge in [-0.3, -0.25) is 15.5 Å². The van der Waals surface area contributed by atoms with Gasteiger partial charge in [-0.05, 0) is 27.6 Å². The van der Waals surface area contributed by atoms with Crippen molar-refractivity contribution in [2.45, 2.75) is 25.2 Å². The molecule has 0 atom stereocenters. The summed E-state index contributed by atoms with van der Waals surface area (Å²) in [5.74, 6) is 0. The van der Waals surface area contributed by atoms with E-state index in [4.69, 9.17) is 0 Å². The summed E-state index contributed by atoms with van der Waals surface area (Å²) in [5, 5.41) is 6.63. The van der Waals surface area contributed by atoms with Crippen molar-refractivity contribution >= 4 is 10.2 Å². The highest BCUT2D eigenvalue weighted by Crippen LogP contribution is 2.01. The first-order valence-electron chi connectivity index (χ1n) is 4.69. The van der Waals surface area contributed by atoms with Crippen LogP contribution in [-0.4, -0.2) is 48.2 Å². The molecule has 0 bridgehead atoms. The van der Waals surface area contributed by atoms with Crippen LogP contribution in [0.25, 0.3) is 0 Å². The first-order chi connectivity index (χ1) is 5.60. The average molecular weight is 189 g/mol. The molecular formula is C8H23N3Si. The Labute approximate surface area is 79.3 Å². The van der Waals surface area contributed by atoms with E-state index in [1.807, 2.05) is 14.1 Å². The van der Waals surface area contributed by atoms with Crippen molar-refractivity contribution in [2.75, 3.05) is 27.7 Å². The minimum atomic E-state index is 0.0647. The van der Waals surface area contributed by atoms with Crippen LogP contribution in [0.15, 0.2) is 0 Å². The molecule has 0 aromatic heterocycles. The SMILES string of the molecule is CCCCN(C)C([SiH3])(NC)NC. The van der Waals surface area contributed by atoms with Gasteiger partial charge in [0.1, 0.15) is 0 Å². The minimum Gasteiger partial charge on any atom is -0.294 e. The maximum atomic E-state index is 3.31. The number of hydrogen-bond donors (Lipinski definition) is 2. The van der Waals surface area contributed by atoms with E-state index in [1.54, 1.807) is 0 Å². The number of unbranched alkanes of at least 4 members (excludes halogenated alkanes) is 1. The molecule has 74 valence electrons. The Morgan fingerprint density at radius 1 is 1.33 bits per heavy atom. The van der Waals surface area contributed by atoms with Gasteiger partial charge in [0.25, 0.3) is 0 Å². The van der Waals surface area contributed by atoms with Gasteiger partial charge < -0.3 is 0 Å². The Morgan fingerprint density at radius 3 is 2.17 bits per heavy atom. The van der Waals surface area contributed by atoms with E-state index < -0.39 is 0 Å². The first-order valence-corrected chi connectivity index (χ1v) is 5.69. The van der Waals surface area contributed by atoms with Crippen LogP contribution in [0, 0.1) is 0 Å². The lowest BCUT2D eigenvalue weighted by Crippen LogP contribution is -2.65. The van der Waals surface area contributed by atoms with Crippen molar-refractivity contribution in [2.24, 2.45) is 0 Å². The summed E-state index contributed by atoms with van der Waals surface area (Å²) in [6.07, 6.45) is 2.53. The van der Waals surface area contributed by atoms with Gasteiger partial charge in [0.05, 0.1) is 15.7 Å². The largest absolute Gasteiger partial charge is 0.294 e. The molecule has 0 aromatic carbocycles. The smallest absolute Gasteiger partial charge is 0.0988 e. The molecule has 0 aliphatic heterocycles. The molecule has 0 rings (SSSR count). The number of rotatable bonds is 6. The molecule has 0 saturated carbocycles. The second-order valence-electron chi connectivity index (χ2n) is 3.35. The molecule has 0 spiro atoms. The zero-order valence-corrected chi connectivity index (χ0v) is 11.1. The van der Waals surface area contributed by atoms with Crippen LogP contribution in [-0.2, 0) is 0 Å². The van der Waals surface area contributed by atoms with E-state index in [0.29, 0.717) is 0 Å². The van der Waals surface area contributed by atoms with Crippen LogP contribution in [0.5, 0.6) is 0 Å². The molecule has 0 aliphatic carbocycles. The van der Waals surface area contributed by atoms with Crippen LogP contribution in [0.1, 0.15) is 19.8 Å². The van der Waals surface area contributed by atoms with E-state index in [-0.39, 0.29) is 5.41 Å². The lowest BCUT2D eigenvalue weighted by atomic mass is 10.3. The summed E-state index contributed by atoms with van der Waals surface area (Å²) in [6, 6.07) is 0. The van der Waals surface area contributed by atoms with E-state index in [1.165, 1.54) is 12.8 Å². The molecule has 2 N–H and O–H groups in total. The highest BCUT2D eigenvalue weighted by atomic mass is 28.1. The molecule has 0 amide bonds. The molecule has 12 heavy (non-hydrogen) atoms. The molecule has 0 fully saturated rings. The summed E-state index contributed by atoms with van der Waals surface area (Å²) in [4.78, 5) is 2.35. The van der Waals surface area contributed by atoms with Gasteiger partial charge in [0, 0.05) is 6.54 Å².